The molecule has 1 aliphatic heterocycles. The molecule has 112 valence electrons. The van der Waals surface area contributed by atoms with Crippen molar-refractivity contribution < 1.29 is 9.53 Å². The SMILES string of the molecule is CCOC(=O)[C@H]1CCCN(c2ncnc3c2nnn3C)C1. The highest BCUT2D eigenvalue weighted by Gasteiger charge is 2.29. The number of carbonyl (C=O) groups excluding carboxylic acids is 1. The number of anilines is 1. The summed E-state index contributed by atoms with van der Waals surface area (Å²) in [5.74, 6) is 0.495. The second-order valence-corrected chi connectivity index (χ2v) is 5.12. The largest absolute Gasteiger partial charge is 0.466 e. The van der Waals surface area contributed by atoms with Crippen LogP contribution in [0, 0.1) is 5.92 Å². The lowest BCUT2D eigenvalue weighted by Crippen LogP contribution is -2.40. The third-order valence-corrected chi connectivity index (χ3v) is 3.71. The lowest BCUT2D eigenvalue weighted by Gasteiger charge is -2.32. The van der Waals surface area contributed by atoms with Crippen molar-refractivity contribution in [3.05, 3.63) is 6.33 Å². The fourth-order valence-electron chi connectivity index (χ4n) is 2.69. The van der Waals surface area contributed by atoms with Crippen LogP contribution in [0.3, 0.4) is 0 Å². The highest BCUT2D eigenvalue weighted by atomic mass is 16.5. The molecule has 1 fully saturated rings. The van der Waals surface area contributed by atoms with Gasteiger partial charge in [0.1, 0.15) is 6.33 Å². The first-order valence-electron chi connectivity index (χ1n) is 7.12. The van der Waals surface area contributed by atoms with Crippen molar-refractivity contribution in [2.75, 3.05) is 24.6 Å². The molecule has 2 aromatic heterocycles. The molecule has 0 spiro atoms. The predicted molar refractivity (Wildman–Crippen MR) is 75.7 cm³/mol. The maximum atomic E-state index is 11.9. The van der Waals surface area contributed by atoms with E-state index < -0.39 is 0 Å². The zero-order valence-corrected chi connectivity index (χ0v) is 12.2. The maximum absolute atomic E-state index is 11.9. The van der Waals surface area contributed by atoms with Gasteiger partial charge in [-0.2, -0.15) is 0 Å². The van der Waals surface area contributed by atoms with Gasteiger partial charge < -0.3 is 9.64 Å². The number of aryl methyl sites for hydroxylation is 1. The number of ether oxygens (including phenoxy) is 1. The first-order valence-corrected chi connectivity index (χ1v) is 7.12. The van der Waals surface area contributed by atoms with Crippen LogP contribution in [0.5, 0.6) is 0 Å². The van der Waals surface area contributed by atoms with Gasteiger partial charge in [0.2, 0.25) is 0 Å². The van der Waals surface area contributed by atoms with Crippen molar-refractivity contribution in [2.45, 2.75) is 19.8 Å². The van der Waals surface area contributed by atoms with E-state index in [9.17, 15) is 4.79 Å². The van der Waals surface area contributed by atoms with Crippen LogP contribution in [0.25, 0.3) is 11.2 Å². The monoisotopic (exact) mass is 290 g/mol. The third-order valence-electron chi connectivity index (χ3n) is 3.71. The highest BCUT2D eigenvalue weighted by Crippen LogP contribution is 2.26. The predicted octanol–water partition coefficient (Wildman–Crippen LogP) is 0.538. The molecule has 0 N–H and O–H groups in total. The second-order valence-electron chi connectivity index (χ2n) is 5.12. The Labute approximate surface area is 122 Å². The van der Waals surface area contributed by atoms with E-state index in [2.05, 4.69) is 25.2 Å². The van der Waals surface area contributed by atoms with Crippen molar-refractivity contribution in [1.82, 2.24) is 25.0 Å². The van der Waals surface area contributed by atoms with Crippen LogP contribution in [-0.4, -0.2) is 50.6 Å². The number of rotatable bonds is 3. The summed E-state index contributed by atoms with van der Waals surface area (Å²) in [6, 6.07) is 0. The number of fused-ring (bicyclic) bond motifs is 1. The van der Waals surface area contributed by atoms with E-state index in [1.807, 2.05) is 6.92 Å². The third kappa shape index (κ3) is 2.53. The van der Waals surface area contributed by atoms with Gasteiger partial charge in [0.05, 0.1) is 12.5 Å². The molecule has 3 heterocycles. The lowest BCUT2D eigenvalue weighted by atomic mass is 9.98. The van der Waals surface area contributed by atoms with E-state index in [1.165, 1.54) is 6.33 Å². The molecule has 0 bridgehead atoms. The Morgan fingerprint density at radius 2 is 2.33 bits per heavy atom. The molecule has 0 saturated carbocycles. The van der Waals surface area contributed by atoms with Crippen molar-refractivity contribution in [1.29, 1.82) is 0 Å². The number of nitrogens with zero attached hydrogens (tertiary/aromatic N) is 6. The molecule has 0 unspecified atom stereocenters. The Hall–Kier alpha value is -2.25. The molecule has 0 amide bonds. The average Bonchev–Trinajstić information content (AvgIpc) is 2.89. The van der Waals surface area contributed by atoms with Gasteiger partial charge in [-0.1, -0.05) is 5.21 Å². The summed E-state index contributed by atoms with van der Waals surface area (Å²) in [5, 5.41) is 8.11. The standard InChI is InChI=1S/C13H18N6O2/c1-3-21-13(20)9-5-4-6-19(7-9)12-10-11(14-8-15-12)18(2)17-16-10/h8-9H,3-7H2,1-2H3/t9-/m0/s1. The molecule has 0 radical (unpaired) electrons. The molecule has 1 atom stereocenters. The van der Waals surface area contributed by atoms with Crippen molar-refractivity contribution >= 4 is 23.0 Å². The zero-order chi connectivity index (χ0) is 14.8. The lowest BCUT2D eigenvalue weighted by molar-refractivity contribution is -0.148. The summed E-state index contributed by atoms with van der Waals surface area (Å²) in [7, 11) is 1.80. The van der Waals surface area contributed by atoms with Crippen LogP contribution in [0.15, 0.2) is 6.33 Å². The summed E-state index contributed by atoms with van der Waals surface area (Å²) in [6.07, 6.45) is 3.29. The molecule has 3 rings (SSSR count). The molecular weight excluding hydrogens is 272 g/mol. The normalized spacial score (nSPS) is 19.0. The van der Waals surface area contributed by atoms with Gasteiger partial charge in [0.25, 0.3) is 0 Å². The summed E-state index contributed by atoms with van der Waals surface area (Å²) in [5.41, 5.74) is 1.36. The Balaban J connectivity index is 1.86. The Bertz CT molecular complexity index is 655. The Morgan fingerprint density at radius 3 is 3.14 bits per heavy atom. The Morgan fingerprint density at radius 1 is 1.48 bits per heavy atom. The number of hydrogen-bond acceptors (Lipinski definition) is 7. The fourth-order valence-corrected chi connectivity index (χ4v) is 2.69. The number of hydrogen-bond donors (Lipinski definition) is 0. The molecule has 2 aromatic rings. The first kappa shape index (κ1) is 13.7. The van der Waals surface area contributed by atoms with Gasteiger partial charge in [-0.05, 0) is 19.8 Å². The van der Waals surface area contributed by atoms with Gasteiger partial charge in [-0.25, -0.2) is 14.6 Å². The van der Waals surface area contributed by atoms with Gasteiger partial charge >= 0.3 is 5.97 Å². The Kier molecular flexibility index (Phi) is 3.68. The number of piperidine rings is 1. The summed E-state index contributed by atoms with van der Waals surface area (Å²) in [4.78, 5) is 22.5. The van der Waals surface area contributed by atoms with Crippen LogP contribution in [0.2, 0.25) is 0 Å². The first-order chi connectivity index (χ1) is 10.2. The minimum Gasteiger partial charge on any atom is -0.466 e. The fraction of sp³-hybridized carbons (Fsp3) is 0.615. The van der Waals surface area contributed by atoms with Gasteiger partial charge in [-0.3, -0.25) is 4.79 Å². The molecule has 8 heteroatoms. The van der Waals surface area contributed by atoms with Gasteiger partial charge in [0.15, 0.2) is 17.0 Å². The number of aromatic nitrogens is 5. The van der Waals surface area contributed by atoms with E-state index in [0.717, 1.165) is 25.2 Å². The average molecular weight is 290 g/mol. The molecule has 0 aromatic carbocycles. The van der Waals surface area contributed by atoms with E-state index >= 15 is 0 Å². The minimum atomic E-state index is -0.133. The minimum absolute atomic E-state index is 0.111. The molecule has 21 heavy (non-hydrogen) atoms. The molecule has 1 aliphatic rings. The molecular formula is C13H18N6O2. The van der Waals surface area contributed by atoms with Gasteiger partial charge in [0, 0.05) is 20.1 Å². The summed E-state index contributed by atoms with van der Waals surface area (Å²) in [6.45, 7) is 3.68. The molecule has 0 aliphatic carbocycles. The molecule has 8 nitrogen and oxygen atoms in total. The summed E-state index contributed by atoms with van der Waals surface area (Å²) < 4.78 is 6.75. The topological polar surface area (TPSA) is 86.0 Å². The smallest absolute Gasteiger partial charge is 0.310 e. The second kappa shape index (κ2) is 5.63. The quantitative estimate of drug-likeness (QED) is 0.762. The number of esters is 1. The number of carbonyl (C=O) groups is 1. The molecule has 1 saturated heterocycles. The maximum Gasteiger partial charge on any atom is 0.310 e. The van der Waals surface area contributed by atoms with Crippen molar-refractivity contribution in [3.63, 3.8) is 0 Å². The van der Waals surface area contributed by atoms with Gasteiger partial charge in [-0.15, -0.1) is 5.10 Å². The van der Waals surface area contributed by atoms with E-state index in [1.54, 1.807) is 11.7 Å². The van der Waals surface area contributed by atoms with Crippen molar-refractivity contribution in [3.8, 4) is 0 Å². The highest BCUT2D eigenvalue weighted by molar-refractivity contribution is 5.83. The van der Waals surface area contributed by atoms with Crippen LogP contribution in [0.1, 0.15) is 19.8 Å². The zero-order valence-electron chi connectivity index (χ0n) is 12.2. The van der Waals surface area contributed by atoms with E-state index in [4.69, 9.17) is 4.74 Å². The van der Waals surface area contributed by atoms with E-state index in [-0.39, 0.29) is 11.9 Å². The van der Waals surface area contributed by atoms with Crippen LogP contribution >= 0.6 is 0 Å². The summed E-state index contributed by atoms with van der Waals surface area (Å²) >= 11 is 0. The van der Waals surface area contributed by atoms with Crippen molar-refractivity contribution in [2.24, 2.45) is 13.0 Å². The van der Waals surface area contributed by atoms with Crippen LogP contribution in [-0.2, 0) is 16.6 Å². The van der Waals surface area contributed by atoms with E-state index in [0.29, 0.717) is 24.3 Å². The van der Waals surface area contributed by atoms with Crippen LogP contribution in [0.4, 0.5) is 5.82 Å². The van der Waals surface area contributed by atoms with Crippen LogP contribution < -0.4 is 4.90 Å².